The Balaban J connectivity index is 2.03. The number of nitrogens with zero attached hydrogens (tertiary/aromatic N) is 2. The van der Waals surface area contributed by atoms with Crippen molar-refractivity contribution in [2.75, 3.05) is 19.3 Å². The Morgan fingerprint density at radius 3 is 2.94 bits per heavy atom. The van der Waals surface area contributed by atoms with Gasteiger partial charge in [-0.1, -0.05) is 6.42 Å². The molecule has 0 spiro atoms. The molecule has 0 radical (unpaired) electrons. The summed E-state index contributed by atoms with van der Waals surface area (Å²) in [7, 11) is 1.83. The predicted octanol–water partition coefficient (Wildman–Crippen LogP) is 1.54. The van der Waals surface area contributed by atoms with Crippen LogP contribution in [-0.2, 0) is 0 Å². The summed E-state index contributed by atoms with van der Waals surface area (Å²) < 4.78 is 0. The Hall–Kier alpha value is -1.58. The van der Waals surface area contributed by atoms with Crippen LogP contribution in [-0.4, -0.2) is 29.4 Å². The lowest BCUT2D eigenvalue weighted by Gasteiger charge is -2.30. The summed E-state index contributed by atoms with van der Waals surface area (Å²) in [5.74, 6) is 0.643. The van der Waals surface area contributed by atoms with Gasteiger partial charge in [-0.15, -0.1) is 0 Å². The lowest BCUT2D eigenvalue weighted by atomic mass is 9.85. The highest BCUT2D eigenvalue weighted by Gasteiger charge is 2.22. The van der Waals surface area contributed by atoms with Gasteiger partial charge in [0, 0.05) is 31.7 Å². The summed E-state index contributed by atoms with van der Waals surface area (Å²) in [6.45, 7) is 0.827. The fraction of sp³-hybridized carbons (Fsp3) is 0.500. The van der Waals surface area contributed by atoms with Crippen LogP contribution in [0.15, 0.2) is 18.5 Å². The summed E-state index contributed by atoms with van der Waals surface area (Å²) in [6.07, 6.45) is 6.90. The first kappa shape index (κ1) is 10.9. The first-order chi connectivity index (χ1) is 7.68. The first-order valence-electron chi connectivity index (χ1n) is 5.63. The molecule has 86 valence electrons. The van der Waals surface area contributed by atoms with Crippen LogP contribution >= 0.6 is 0 Å². The highest BCUT2D eigenvalue weighted by molar-refractivity contribution is 5.98. The molecular formula is C12H17N3O. The van der Waals surface area contributed by atoms with E-state index in [1.54, 1.807) is 17.2 Å². The van der Waals surface area contributed by atoms with Crippen molar-refractivity contribution in [3.63, 3.8) is 0 Å². The van der Waals surface area contributed by atoms with Gasteiger partial charge < -0.3 is 10.6 Å². The molecule has 2 N–H and O–H groups in total. The van der Waals surface area contributed by atoms with Gasteiger partial charge in [-0.05, 0) is 24.8 Å². The van der Waals surface area contributed by atoms with Gasteiger partial charge in [0.1, 0.15) is 0 Å². The number of hydrogen-bond donors (Lipinski definition) is 1. The minimum atomic E-state index is -0.0301. The van der Waals surface area contributed by atoms with Crippen molar-refractivity contribution < 1.29 is 4.79 Å². The first-order valence-corrected chi connectivity index (χ1v) is 5.63. The molecule has 1 aliphatic rings. The summed E-state index contributed by atoms with van der Waals surface area (Å²) in [5, 5.41) is 0. The average molecular weight is 219 g/mol. The van der Waals surface area contributed by atoms with Gasteiger partial charge in [0.2, 0.25) is 0 Å². The quantitative estimate of drug-likeness (QED) is 0.838. The van der Waals surface area contributed by atoms with Crippen molar-refractivity contribution in [2.45, 2.75) is 19.3 Å². The topological polar surface area (TPSA) is 59.2 Å². The van der Waals surface area contributed by atoms with Crippen molar-refractivity contribution in [3.8, 4) is 0 Å². The second-order valence-corrected chi connectivity index (χ2v) is 4.45. The van der Waals surface area contributed by atoms with Gasteiger partial charge in [0.05, 0.1) is 5.56 Å². The molecule has 1 aromatic rings. The smallest absolute Gasteiger partial charge is 0.257 e. The highest BCUT2D eigenvalue weighted by Crippen LogP contribution is 2.27. The van der Waals surface area contributed by atoms with Crippen LogP contribution in [0.3, 0.4) is 0 Å². The standard InChI is InChI=1S/C12H17N3O/c1-15(8-9-3-2-4-9)12(16)10-7-14-6-5-11(10)13/h5-7,9H,2-4,8H2,1H3,(H2,13,14). The number of anilines is 1. The summed E-state index contributed by atoms with van der Waals surface area (Å²) in [4.78, 5) is 17.7. The predicted molar refractivity (Wildman–Crippen MR) is 63.0 cm³/mol. The molecular weight excluding hydrogens is 202 g/mol. The van der Waals surface area contributed by atoms with E-state index in [4.69, 9.17) is 5.73 Å². The van der Waals surface area contributed by atoms with Crippen LogP contribution in [0, 0.1) is 5.92 Å². The van der Waals surface area contributed by atoms with E-state index >= 15 is 0 Å². The fourth-order valence-corrected chi connectivity index (χ4v) is 1.94. The van der Waals surface area contributed by atoms with E-state index in [2.05, 4.69) is 4.98 Å². The molecule has 1 fully saturated rings. The summed E-state index contributed by atoms with van der Waals surface area (Å²) in [5.41, 5.74) is 6.75. The van der Waals surface area contributed by atoms with Crippen LogP contribution in [0.5, 0.6) is 0 Å². The van der Waals surface area contributed by atoms with E-state index < -0.39 is 0 Å². The number of nitrogen functional groups attached to an aromatic ring is 1. The van der Waals surface area contributed by atoms with Crippen molar-refractivity contribution in [1.82, 2.24) is 9.88 Å². The van der Waals surface area contributed by atoms with Crippen molar-refractivity contribution >= 4 is 11.6 Å². The highest BCUT2D eigenvalue weighted by atomic mass is 16.2. The third-order valence-electron chi connectivity index (χ3n) is 3.19. The molecule has 1 heterocycles. The van der Waals surface area contributed by atoms with Crippen molar-refractivity contribution in [3.05, 3.63) is 24.0 Å². The maximum absolute atomic E-state index is 12.0. The van der Waals surface area contributed by atoms with E-state index in [9.17, 15) is 4.79 Å². The zero-order valence-corrected chi connectivity index (χ0v) is 9.52. The minimum absolute atomic E-state index is 0.0301. The third-order valence-corrected chi connectivity index (χ3v) is 3.19. The number of nitrogens with two attached hydrogens (primary N) is 1. The number of carbonyl (C=O) groups is 1. The average Bonchev–Trinajstić information content (AvgIpc) is 2.23. The Bertz CT molecular complexity index is 388. The summed E-state index contributed by atoms with van der Waals surface area (Å²) >= 11 is 0. The van der Waals surface area contributed by atoms with Gasteiger partial charge in [-0.25, -0.2) is 0 Å². The molecule has 0 unspecified atom stereocenters. The maximum atomic E-state index is 12.0. The maximum Gasteiger partial charge on any atom is 0.257 e. The minimum Gasteiger partial charge on any atom is -0.398 e. The Labute approximate surface area is 95.5 Å². The van der Waals surface area contributed by atoms with Gasteiger partial charge in [0.15, 0.2) is 0 Å². The summed E-state index contributed by atoms with van der Waals surface area (Å²) in [6, 6.07) is 1.66. The fourth-order valence-electron chi connectivity index (χ4n) is 1.94. The Morgan fingerprint density at radius 2 is 2.38 bits per heavy atom. The molecule has 4 heteroatoms. The molecule has 2 rings (SSSR count). The molecule has 0 atom stereocenters. The van der Waals surface area contributed by atoms with Gasteiger partial charge >= 0.3 is 0 Å². The normalized spacial score (nSPS) is 15.6. The lowest BCUT2D eigenvalue weighted by molar-refractivity contribution is 0.0746. The zero-order chi connectivity index (χ0) is 11.5. The number of hydrogen-bond acceptors (Lipinski definition) is 3. The number of pyridine rings is 1. The lowest BCUT2D eigenvalue weighted by Crippen LogP contribution is -2.34. The molecule has 0 saturated heterocycles. The number of carbonyl (C=O) groups excluding carboxylic acids is 1. The number of aromatic nitrogens is 1. The van der Waals surface area contributed by atoms with Crippen LogP contribution in [0.1, 0.15) is 29.6 Å². The van der Waals surface area contributed by atoms with Crippen LogP contribution in [0.4, 0.5) is 5.69 Å². The second kappa shape index (κ2) is 4.51. The molecule has 0 bridgehead atoms. The van der Waals surface area contributed by atoms with Crippen molar-refractivity contribution in [2.24, 2.45) is 5.92 Å². The van der Waals surface area contributed by atoms with Crippen LogP contribution < -0.4 is 5.73 Å². The molecule has 1 aliphatic carbocycles. The van der Waals surface area contributed by atoms with E-state index in [0.717, 1.165) is 6.54 Å². The molecule has 1 aromatic heterocycles. The molecule has 4 nitrogen and oxygen atoms in total. The number of rotatable bonds is 3. The van der Waals surface area contributed by atoms with E-state index in [-0.39, 0.29) is 5.91 Å². The molecule has 0 aromatic carbocycles. The SMILES string of the molecule is CN(CC1CCC1)C(=O)c1cnccc1N. The van der Waals surface area contributed by atoms with Crippen LogP contribution in [0.2, 0.25) is 0 Å². The zero-order valence-electron chi connectivity index (χ0n) is 9.52. The molecule has 0 aliphatic heterocycles. The van der Waals surface area contributed by atoms with Gasteiger partial charge in [0.25, 0.3) is 5.91 Å². The largest absolute Gasteiger partial charge is 0.398 e. The molecule has 1 saturated carbocycles. The van der Waals surface area contributed by atoms with Crippen LogP contribution in [0.25, 0.3) is 0 Å². The van der Waals surface area contributed by atoms with Gasteiger partial charge in [-0.3, -0.25) is 9.78 Å². The molecule has 1 amide bonds. The van der Waals surface area contributed by atoms with E-state index in [1.165, 1.54) is 25.5 Å². The third kappa shape index (κ3) is 2.15. The Morgan fingerprint density at radius 1 is 1.62 bits per heavy atom. The van der Waals surface area contributed by atoms with Crippen molar-refractivity contribution in [1.29, 1.82) is 0 Å². The van der Waals surface area contributed by atoms with Gasteiger partial charge in [-0.2, -0.15) is 0 Å². The molecule has 16 heavy (non-hydrogen) atoms. The number of amides is 1. The monoisotopic (exact) mass is 219 g/mol. The second-order valence-electron chi connectivity index (χ2n) is 4.45. The van der Waals surface area contributed by atoms with E-state index in [1.807, 2.05) is 7.05 Å². The van der Waals surface area contributed by atoms with E-state index in [0.29, 0.717) is 17.2 Å². The Kier molecular flexibility index (Phi) is 3.08.